The summed E-state index contributed by atoms with van der Waals surface area (Å²) in [5.74, 6) is 1.06. The van der Waals surface area contributed by atoms with Crippen molar-refractivity contribution in [3.63, 3.8) is 0 Å². The van der Waals surface area contributed by atoms with E-state index in [1.54, 1.807) is 0 Å². The number of nitrogens with two attached hydrogens (primary N) is 1. The molecule has 1 heterocycles. The maximum atomic E-state index is 10.7. The number of rotatable bonds is 6. The lowest BCUT2D eigenvalue weighted by Crippen LogP contribution is -2.41. The minimum Gasteiger partial charge on any atom is -0.484 e. The van der Waals surface area contributed by atoms with Crippen LogP contribution >= 0.6 is 24.0 Å². The topological polar surface area (TPSA) is 80.0 Å². The molecule has 1 amide bonds. The standard InChI is InChI=1S/C20H24N4O2.HI/c1-22-20(24-13-11-16-4-2-3-5-18(16)24)23-12-10-15-6-8-17(9-7-15)26-14-19(21)25;/h2-9H,10-14H2,1H3,(H2,21,25)(H,22,23);1H. The number of anilines is 1. The normalized spacial score (nSPS) is 12.9. The maximum absolute atomic E-state index is 10.7. The number of hydrogen-bond donors (Lipinski definition) is 2. The molecule has 1 aliphatic rings. The fourth-order valence-corrected chi connectivity index (χ4v) is 3.08. The van der Waals surface area contributed by atoms with Crippen LogP contribution in [0.2, 0.25) is 0 Å². The minimum atomic E-state index is -0.479. The Labute approximate surface area is 176 Å². The number of hydrogen-bond acceptors (Lipinski definition) is 3. The van der Waals surface area contributed by atoms with Gasteiger partial charge in [0.15, 0.2) is 12.6 Å². The molecule has 0 radical (unpaired) electrons. The van der Waals surface area contributed by atoms with Gasteiger partial charge in [0.25, 0.3) is 5.91 Å². The highest BCUT2D eigenvalue weighted by atomic mass is 127. The first-order valence-electron chi connectivity index (χ1n) is 8.73. The van der Waals surface area contributed by atoms with Crippen LogP contribution < -0.4 is 20.7 Å². The van der Waals surface area contributed by atoms with Gasteiger partial charge >= 0.3 is 0 Å². The van der Waals surface area contributed by atoms with E-state index in [9.17, 15) is 4.79 Å². The lowest BCUT2D eigenvalue weighted by atomic mass is 10.1. The molecule has 0 bridgehead atoms. The number of aliphatic imine (C=N–C) groups is 1. The predicted molar refractivity (Wildman–Crippen MR) is 119 cm³/mol. The quantitative estimate of drug-likeness (QED) is 0.378. The van der Waals surface area contributed by atoms with Crippen molar-refractivity contribution in [1.29, 1.82) is 0 Å². The van der Waals surface area contributed by atoms with Gasteiger partial charge in [-0.2, -0.15) is 0 Å². The first-order valence-corrected chi connectivity index (χ1v) is 8.73. The third-order valence-corrected chi connectivity index (χ3v) is 4.36. The molecule has 6 nitrogen and oxygen atoms in total. The average molecular weight is 480 g/mol. The molecule has 0 saturated heterocycles. The number of carbonyl (C=O) groups is 1. The van der Waals surface area contributed by atoms with Gasteiger partial charge in [-0.1, -0.05) is 30.3 Å². The van der Waals surface area contributed by atoms with E-state index in [4.69, 9.17) is 10.5 Å². The Bertz CT molecular complexity index is 793. The number of primary amides is 1. The summed E-state index contributed by atoms with van der Waals surface area (Å²) in [6, 6.07) is 16.1. The third kappa shape index (κ3) is 5.59. The smallest absolute Gasteiger partial charge is 0.255 e. The van der Waals surface area contributed by atoms with E-state index >= 15 is 0 Å². The number of fused-ring (bicyclic) bond motifs is 1. The second kappa shape index (κ2) is 10.1. The largest absolute Gasteiger partial charge is 0.484 e. The van der Waals surface area contributed by atoms with Gasteiger partial charge in [0.05, 0.1) is 0 Å². The van der Waals surface area contributed by atoms with Gasteiger partial charge < -0.3 is 20.7 Å². The summed E-state index contributed by atoms with van der Waals surface area (Å²) >= 11 is 0. The Hall–Kier alpha value is -2.29. The molecular formula is C20H25IN4O2. The molecule has 3 N–H and O–H groups in total. The van der Waals surface area contributed by atoms with Crippen LogP contribution in [-0.2, 0) is 17.6 Å². The van der Waals surface area contributed by atoms with E-state index < -0.39 is 5.91 Å². The van der Waals surface area contributed by atoms with Crippen LogP contribution in [0.4, 0.5) is 5.69 Å². The highest BCUT2D eigenvalue weighted by Gasteiger charge is 2.21. The molecule has 0 atom stereocenters. The fourth-order valence-electron chi connectivity index (χ4n) is 3.08. The Balaban J connectivity index is 0.00000261. The lowest BCUT2D eigenvalue weighted by Gasteiger charge is -2.22. The van der Waals surface area contributed by atoms with Crippen molar-refractivity contribution in [2.45, 2.75) is 12.8 Å². The number of guanidine groups is 1. The second-order valence-corrected chi connectivity index (χ2v) is 6.15. The number of ether oxygens (including phenoxy) is 1. The fraction of sp³-hybridized carbons (Fsp3) is 0.300. The molecule has 27 heavy (non-hydrogen) atoms. The van der Waals surface area contributed by atoms with E-state index in [1.165, 1.54) is 16.8 Å². The van der Waals surface area contributed by atoms with E-state index in [0.29, 0.717) is 5.75 Å². The van der Waals surface area contributed by atoms with E-state index in [2.05, 4.69) is 39.5 Å². The molecule has 144 valence electrons. The monoisotopic (exact) mass is 480 g/mol. The molecule has 0 aromatic heterocycles. The van der Waals surface area contributed by atoms with Crippen molar-refractivity contribution in [3.8, 4) is 5.75 Å². The van der Waals surface area contributed by atoms with E-state index in [1.807, 2.05) is 31.3 Å². The van der Waals surface area contributed by atoms with Gasteiger partial charge in [-0.25, -0.2) is 0 Å². The lowest BCUT2D eigenvalue weighted by molar-refractivity contribution is -0.119. The highest BCUT2D eigenvalue weighted by molar-refractivity contribution is 14.0. The number of nitrogens with one attached hydrogen (secondary N) is 1. The van der Waals surface area contributed by atoms with Crippen molar-refractivity contribution < 1.29 is 9.53 Å². The molecule has 2 aromatic carbocycles. The van der Waals surface area contributed by atoms with Crippen LogP contribution in [0, 0.1) is 0 Å². The molecule has 0 unspecified atom stereocenters. The van der Waals surface area contributed by atoms with E-state index in [-0.39, 0.29) is 30.6 Å². The molecular weight excluding hydrogens is 455 g/mol. The second-order valence-electron chi connectivity index (χ2n) is 6.15. The van der Waals surface area contributed by atoms with Crippen molar-refractivity contribution >= 4 is 41.5 Å². The SMILES string of the molecule is CN=C(NCCc1ccc(OCC(N)=O)cc1)N1CCc2ccccc21.I. The van der Waals surface area contributed by atoms with Gasteiger partial charge in [-0.3, -0.25) is 9.79 Å². The molecule has 0 spiro atoms. The Morgan fingerprint density at radius 2 is 1.96 bits per heavy atom. The summed E-state index contributed by atoms with van der Waals surface area (Å²) in [6.07, 6.45) is 1.91. The zero-order chi connectivity index (χ0) is 18.4. The van der Waals surface area contributed by atoms with Crippen LogP contribution in [0.5, 0.6) is 5.75 Å². The van der Waals surface area contributed by atoms with Gasteiger partial charge in [0.1, 0.15) is 5.75 Å². The number of benzene rings is 2. The summed E-state index contributed by atoms with van der Waals surface area (Å²) in [5, 5.41) is 3.44. The molecule has 3 rings (SSSR count). The number of amides is 1. The zero-order valence-electron chi connectivity index (χ0n) is 15.4. The van der Waals surface area contributed by atoms with Gasteiger partial charge in [0.2, 0.25) is 0 Å². The average Bonchev–Trinajstić information content (AvgIpc) is 3.08. The summed E-state index contributed by atoms with van der Waals surface area (Å²) in [5.41, 5.74) is 8.85. The highest BCUT2D eigenvalue weighted by Crippen LogP contribution is 2.27. The summed E-state index contributed by atoms with van der Waals surface area (Å²) in [7, 11) is 1.81. The maximum Gasteiger partial charge on any atom is 0.255 e. The molecule has 0 aliphatic carbocycles. The Morgan fingerprint density at radius 3 is 2.67 bits per heavy atom. The zero-order valence-corrected chi connectivity index (χ0v) is 17.7. The van der Waals surface area contributed by atoms with Gasteiger partial charge in [-0.05, 0) is 42.2 Å². The van der Waals surface area contributed by atoms with Crippen molar-refractivity contribution in [1.82, 2.24) is 5.32 Å². The van der Waals surface area contributed by atoms with Gasteiger partial charge in [0, 0.05) is 25.8 Å². The van der Waals surface area contributed by atoms with Crippen LogP contribution in [0.1, 0.15) is 11.1 Å². The van der Waals surface area contributed by atoms with Crippen molar-refractivity contribution in [2.75, 3.05) is 31.6 Å². The molecule has 2 aromatic rings. The molecule has 0 fully saturated rings. The predicted octanol–water partition coefficient (Wildman–Crippen LogP) is 2.35. The first kappa shape index (κ1) is 21.0. The van der Waals surface area contributed by atoms with Crippen LogP contribution in [0.25, 0.3) is 0 Å². The number of nitrogens with zero attached hydrogens (tertiary/aromatic N) is 2. The summed E-state index contributed by atoms with van der Waals surface area (Å²) in [6.45, 7) is 1.63. The van der Waals surface area contributed by atoms with Crippen molar-refractivity contribution in [2.24, 2.45) is 10.7 Å². The minimum absolute atomic E-state index is 0. The van der Waals surface area contributed by atoms with Crippen LogP contribution in [-0.4, -0.2) is 38.6 Å². The number of carbonyl (C=O) groups excluding carboxylic acids is 1. The van der Waals surface area contributed by atoms with E-state index in [0.717, 1.165) is 31.9 Å². The molecule has 0 saturated carbocycles. The summed E-state index contributed by atoms with van der Waals surface area (Å²) < 4.78 is 5.27. The Morgan fingerprint density at radius 1 is 1.22 bits per heavy atom. The molecule has 1 aliphatic heterocycles. The Kier molecular flexibility index (Phi) is 7.90. The molecule has 7 heteroatoms. The number of para-hydroxylation sites is 1. The van der Waals surface area contributed by atoms with Gasteiger partial charge in [-0.15, -0.1) is 24.0 Å². The third-order valence-electron chi connectivity index (χ3n) is 4.36. The number of halogens is 1. The van der Waals surface area contributed by atoms with Crippen LogP contribution in [0.3, 0.4) is 0 Å². The van der Waals surface area contributed by atoms with Crippen molar-refractivity contribution in [3.05, 3.63) is 59.7 Å². The first-order chi connectivity index (χ1) is 12.7. The van der Waals surface area contributed by atoms with Crippen LogP contribution in [0.15, 0.2) is 53.5 Å². The summed E-state index contributed by atoms with van der Waals surface area (Å²) in [4.78, 5) is 17.4.